The maximum Gasteiger partial charge on any atom is 0.259 e. The largest absolute Gasteiger partial charge is 0.373 e. The molecule has 0 radical (unpaired) electrons. The molecule has 0 atom stereocenters. The Balaban J connectivity index is 1.93. The summed E-state index contributed by atoms with van der Waals surface area (Å²) in [6.45, 7) is 1.79. The van der Waals surface area contributed by atoms with Crippen molar-refractivity contribution in [2.24, 2.45) is 0 Å². The highest BCUT2D eigenvalue weighted by atomic mass is 16.2. The van der Waals surface area contributed by atoms with Crippen molar-refractivity contribution in [2.75, 3.05) is 17.7 Å². The molecule has 106 valence electrons. The SMILES string of the molecule is CNc1cc(Nc2ccc3c(c2)C(=O)NC3=O)nc(C)n1. The van der Waals surface area contributed by atoms with E-state index >= 15 is 0 Å². The molecule has 0 unspecified atom stereocenters. The number of nitrogens with zero attached hydrogens (tertiary/aromatic N) is 2. The summed E-state index contributed by atoms with van der Waals surface area (Å²) in [6, 6.07) is 6.73. The first kappa shape index (κ1) is 13.0. The van der Waals surface area contributed by atoms with Crippen LogP contribution >= 0.6 is 0 Å². The summed E-state index contributed by atoms with van der Waals surface area (Å²) in [5.41, 5.74) is 1.43. The third kappa shape index (κ3) is 2.40. The molecule has 2 heterocycles. The van der Waals surface area contributed by atoms with Crippen LogP contribution in [0.25, 0.3) is 0 Å². The number of aromatic nitrogens is 2. The number of hydrogen-bond acceptors (Lipinski definition) is 6. The zero-order chi connectivity index (χ0) is 15.0. The smallest absolute Gasteiger partial charge is 0.259 e. The first-order chi connectivity index (χ1) is 10.1. The van der Waals surface area contributed by atoms with Gasteiger partial charge in [-0.1, -0.05) is 0 Å². The van der Waals surface area contributed by atoms with Gasteiger partial charge in [0.15, 0.2) is 0 Å². The maximum absolute atomic E-state index is 11.6. The van der Waals surface area contributed by atoms with Crippen LogP contribution in [0.5, 0.6) is 0 Å². The number of nitrogens with one attached hydrogen (secondary N) is 3. The molecule has 0 saturated heterocycles. The van der Waals surface area contributed by atoms with E-state index in [2.05, 4.69) is 25.9 Å². The zero-order valence-electron chi connectivity index (χ0n) is 11.5. The molecule has 21 heavy (non-hydrogen) atoms. The lowest BCUT2D eigenvalue weighted by atomic mass is 10.1. The molecule has 7 heteroatoms. The van der Waals surface area contributed by atoms with E-state index in [0.29, 0.717) is 34.3 Å². The van der Waals surface area contributed by atoms with Gasteiger partial charge in [-0.3, -0.25) is 14.9 Å². The lowest BCUT2D eigenvalue weighted by Gasteiger charge is -2.09. The Morgan fingerprint density at radius 1 is 1.00 bits per heavy atom. The molecule has 1 aliphatic rings. The van der Waals surface area contributed by atoms with Crippen LogP contribution in [0.3, 0.4) is 0 Å². The molecule has 7 nitrogen and oxygen atoms in total. The Bertz CT molecular complexity index is 757. The number of fused-ring (bicyclic) bond motifs is 1. The van der Waals surface area contributed by atoms with E-state index in [1.807, 2.05) is 0 Å². The van der Waals surface area contributed by atoms with Crippen LogP contribution in [0.1, 0.15) is 26.5 Å². The molecule has 3 rings (SSSR count). The van der Waals surface area contributed by atoms with Gasteiger partial charge >= 0.3 is 0 Å². The number of anilines is 3. The van der Waals surface area contributed by atoms with Gasteiger partial charge in [0.2, 0.25) is 0 Å². The van der Waals surface area contributed by atoms with Crippen LogP contribution in [0.4, 0.5) is 17.3 Å². The van der Waals surface area contributed by atoms with Crippen LogP contribution in [0, 0.1) is 6.92 Å². The number of carbonyl (C=O) groups excluding carboxylic acids is 2. The fourth-order valence-electron chi connectivity index (χ4n) is 2.15. The van der Waals surface area contributed by atoms with Gasteiger partial charge in [-0.25, -0.2) is 9.97 Å². The van der Waals surface area contributed by atoms with E-state index in [-0.39, 0.29) is 11.8 Å². The van der Waals surface area contributed by atoms with Crippen molar-refractivity contribution in [3.8, 4) is 0 Å². The summed E-state index contributed by atoms with van der Waals surface area (Å²) in [4.78, 5) is 31.6. The molecule has 0 saturated carbocycles. The topological polar surface area (TPSA) is 96.0 Å². The minimum Gasteiger partial charge on any atom is -0.373 e. The molecule has 3 N–H and O–H groups in total. The molecule has 1 aliphatic heterocycles. The molecule has 1 aromatic heterocycles. The van der Waals surface area contributed by atoms with E-state index in [9.17, 15) is 9.59 Å². The Morgan fingerprint density at radius 3 is 2.48 bits per heavy atom. The number of benzene rings is 1. The Hall–Kier alpha value is -2.96. The molecular formula is C14H13N5O2. The number of rotatable bonds is 3. The Labute approximate surface area is 120 Å². The number of hydrogen-bond donors (Lipinski definition) is 3. The molecule has 2 aromatic rings. The fourth-order valence-corrected chi connectivity index (χ4v) is 2.15. The number of aryl methyl sites for hydroxylation is 1. The Morgan fingerprint density at radius 2 is 1.71 bits per heavy atom. The second kappa shape index (κ2) is 4.86. The van der Waals surface area contributed by atoms with Crippen LogP contribution < -0.4 is 16.0 Å². The molecule has 2 amide bonds. The standard InChI is InChI=1S/C14H13N5O2/c1-7-16-11(15-2)6-12(17-7)18-8-3-4-9-10(5-8)14(21)19-13(9)20/h3-6H,1-2H3,(H,19,20,21)(H2,15,16,17,18). The second-order valence-corrected chi connectivity index (χ2v) is 4.60. The van der Waals surface area contributed by atoms with Crippen molar-refractivity contribution in [3.05, 3.63) is 41.2 Å². The van der Waals surface area contributed by atoms with E-state index in [0.717, 1.165) is 0 Å². The van der Waals surface area contributed by atoms with Crippen LogP contribution in [0.15, 0.2) is 24.3 Å². The third-order valence-corrected chi connectivity index (χ3v) is 3.10. The highest BCUT2D eigenvalue weighted by molar-refractivity contribution is 6.21. The number of amides is 2. The average Bonchev–Trinajstić information content (AvgIpc) is 2.73. The first-order valence-electron chi connectivity index (χ1n) is 6.37. The highest BCUT2D eigenvalue weighted by Crippen LogP contribution is 2.23. The quantitative estimate of drug-likeness (QED) is 0.738. The summed E-state index contributed by atoms with van der Waals surface area (Å²) in [6.07, 6.45) is 0. The van der Waals surface area contributed by atoms with Gasteiger partial charge in [-0.05, 0) is 25.1 Å². The maximum atomic E-state index is 11.6. The Kier molecular flexibility index (Phi) is 3.02. The summed E-state index contributed by atoms with van der Waals surface area (Å²) >= 11 is 0. The van der Waals surface area contributed by atoms with Gasteiger partial charge in [0, 0.05) is 18.8 Å². The first-order valence-corrected chi connectivity index (χ1v) is 6.37. The number of carbonyl (C=O) groups is 2. The van der Waals surface area contributed by atoms with Gasteiger partial charge in [0.05, 0.1) is 11.1 Å². The van der Waals surface area contributed by atoms with Gasteiger partial charge in [-0.15, -0.1) is 0 Å². The average molecular weight is 283 g/mol. The van der Waals surface area contributed by atoms with Crippen LogP contribution in [0.2, 0.25) is 0 Å². The lowest BCUT2D eigenvalue weighted by Crippen LogP contribution is -2.19. The van der Waals surface area contributed by atoms with Crippen molar-refractivity contribution in [3.63, 3.8) is 0 Å². The van der Waals surface area contributed by atoms with Crippen molar-refractivity contribution in [1.82, 2.24) is 15.3 Å². The molecular weight excluding hydrogens is 270 g/mol. The molecule has 0 bridgehead atoms. The predicted octanol–water partition coefficient (Wildman–Crippen LogP) is 1.45. The summed E-state index contributed by atoms with van der Waals surface area (Å²) in [5, 5.41) is 8.31. The predicted molar refractivity (Wildman–Crippen MR) is 77.8 cm³/mol. The minimum absolute atomic E-state index is 0.364. The summed E-state index contributed by atoms with van der Waals surface area (Å²) < 4.78 is 0. The normalized spacial score (nSPS) is 12.9. The van der Waals surface area contributed by atoms with Gasteiger partial charge in [-0.2, -0.15) is 0 Å². The van der Waals surface area contributed by atoms with Crippen molar-refractivity contribution in [2.45, 2.75) is 6.92 Å². The lowest BCUT2D eigenvalue weighted by molar-refractivity contribution is 0.0879. The van der Waals surface area contributed by atoms with Crippen molar-refractivity contribution < 1.29 is 9.59 Å². The summed E-state index contributed by atoms with van der Waals surface area (Å²) in [7, 11) is 1.77. The van der Waals surface area contributed by atoms with E-state index in [1.165, 1.54) is 0 Å². The highest BCUT2D eigenvalue weighted by Gasteiger charge is 2.26. The second-order valence-electron chi connectivity index (χ2n) is 4.60. The minimum atomic E-state index is -0.381. The monoisotopic (exact) mass is 283 g/mol. The van der Waals surface area contributed by atoms with Crippen LogP contribution in [-0.2, 0) is 0 Å². The van der Waals surface area contributed by atoms with Gasteiger partial charge < -0.3 is 10.6 Å². The number of imide groups is 1. The van der Waals surface area contributed by atoms with E-state index in [4.69, 9.17) is 0 Å². The van der Waals surface area contributed by atoms with E-state index in [1.54, 1.807) is 38.2 Å². The molecule has 0 spiro atoms. The van der Waals surface area contributed by atoms with Crippen molar-refractivity contribution >= 4 is 29.1 Å². The summed E-state index contributed by atoms with van der Waals surface area (Å²) in [5.74, 6) is 1.18. The van der Waals surface area contributed by atoms with Crippen molar-refractivity contribution in [1.29, 1.82) is 0 Å². The molecule has 0 aliphatic carbocycles. The molecule has 0 fully saturated rings. The molecule has 1 aromatic carbocycles. The zero-order valence-corrected chi connectivity index (χ0v) is 11.5. The van der Waals surface area contributed by atoms with Gasteiger partial charge in [0.25, 0.3) is 11.8 Å². The van der Waals surface area contributed by atoms with Gasteiger partial charge in [0.1, 0.15) is 17.5 Å². The van der Waals surface area contributed by atoms with Crippen LogP contribution in [-0.4, -0.2) is 28.8 Å². The third-order valence-electron chi connectivity index (χ3n) is 3.10. The van der Waals surface area contributed by atoms with E-state index < -0.39 is 0 Å². The fraction of sp³-hybridized carbons (Fsp3) is 0.143.